The minimum absolute atomic E-state index is 0.315. The van der Waals surface area contributed by atoms with Gasteiger partial charge in [0.2, 0.25) is 0 Å². The van der Waals surface area contributed by atoms with Crippen molar-refractivity contribution in [3.05, 3.63) is 93.0 Å². The van der Waals surface area contributed by atoms with E-state index in [1.54, 1.807) is 13.4 Å². The molecule has 0 aliphatic heterocycles. The van der Waals surface area contributed by atoms with E-state index in [4.69, 9.17) is 4.74 Å². The van der Waals surface area contributed by atoms with Crippen LogP contribution in [0.25, 0.3) is 22.1 Å². The van der Waals surface area contributed by atoms with Gasteiger partial charge in [0.05, 0.1) is 6.33 Å². The molecule has 5 rings (SSSR count). The van der Waals surface area contributed by atoms with Crippen LogP contribution in [0.5, 0.6) is 5.75 Å². The van der Waals surface area contributed by atoms with E-state index in [9.17, 15) is 9.59 Å². The monoisotopic (exact) mass is 486 g/mol. The van der Waals surface area contributed by atoms with Crippen LogP contribution in [0.1, 0.15) is 17.5 Å². The Bertz CT molecular complexity index is 1610. The molecule has 9 nitrogen and oxygen atoms in total. The quantitative estimate of drug-likeness (QED) is 0.296. The first kappa shape index (κ1) is 23.6. The highest BCUT2D eigenvalue weighted by molar-refractivity contribution is 5.84. The fraction of sp³-hybridized carbons (Fsp3) is 0.296. The summed E-state index contributed by atoms with van der Waals surface area (Å²) in [6.45, 7) is 2.83. The zero-order valence-corrected chi connectivity index (χ0v) is 20.5. The summed E-state index contributed by atoms with van der Waals surface area (Å²) in [6, 6.07) is 16.3. The van der Waals surface area contributed by atoms with Gasteiger partial charge in [-0.25, -0.2) is 9.78 Å². The second-order valence-electron chi connectivity index (χ2n) is 8.97. The predicted molar refractivity (Wildman–Crippen MR) is 140 cm³/mol. The topological polar surface area (TPSA) is 98.9 Å². The van der Waals surface area contributed by atoms with Crippen LogP contribution in [-0.2, 0) is 33.7 Å². The Kier molecular flexibility index (Phi) is 6.73. The van der Waals surface area contributed by atoms with Crippen molar-refractivity contribution in [1.29, 1.82) is 0 Å². The number of aromatic amines is 1. The molecule has 0 spiro atoms. The van der Waals surface area contributed by atoms with E-state index in [1.807, 2.05) is 28.8 Å². The van der Waals surface area contributed by atoms with E-state index in [0.29, 0.717) is 24.3 Å². The Morgan fingerprint density at radius 3 is 2.69 bits per heavy atom. The van der Waals surface area contributed by atoms with Crippen LogP contribution in [-0.4, -0.2) is 36.8 Å². The minimum Gasteiger partial charge on any atom is -0.489 e. The van der Waals surface area contributed by atoms with E-state index >= 15 is 0 Å². The lowest BCUT2D eigenvalue weighted by Crippen LogP contribution is -2.37. The Morgan fingerprint density at radius 1 is 1.03 bits per heavy atom. The van der Waals surface area contributed by atoms with Crippen molar-refractivity contribution in [3.8, 4) is 5.75 Å². The van der Waals surface area contributed by atoms with Gasteiger partial charge in [-0.1, -0.05) is 30.3 Å². The molecule has 0 amide bonds. The standard InChI is InChI=1S/C27H30N6O3/c1-31-25-24(26(34)32(2)27(31)35)33(18-30-25)14-6-12-28-13-11-20-16-29-23-10-9-21(15-22(20)23)36-17-19-7-4-3-5-8-19/h3-5,7-10,15-16,18,28-29H,6,11-14,17H2,1-2H3. The summed E-state index contributed by atoms with van der Waals surface area (Å²) < 4.78 is 10.4. The minimum atomic E-state index is -0.369. The van der Waals surface area contributed by atoms with Gasteiger partial charge in [-0.3, -0.25) is 13.9 Å². The number of hydrogen-bond acceptors (Lipinski definition) is 5. The highest BCUT2D eigenvalue weighted by Gasteiger charge is 2.14. The van der Waals surface area contributed by atoms with Crippen LogP contribution in [0.15, 0.2) is 70.6 Å². The molecule has 0 bridgehead atoms. The second kappa shape index (κ2) is 10.2. The number of fused-ring (bicyclic) bond motifs is 2. The van der Waals surface area contributed by atoms with Gasteiger partial charge in [-0.05, 0) is 55.3 Å². The Balaban J connectivity index is 1.14. The molecule has 5 aromatic rings. The number of nitrogens with zero attached hydrogens (tertiary/aromatic N) is 4. The normalized spacial score (nSPS) is 11.5. The molecule has 3 aromatic heterocycles. The summed E-state index contributed by atoms with van der Waals surface area (Å²) in [6.07, 6.45) is 5.42. The van der Waals surface area contributed by atoms with Crippen LogP contribution < -0.4 is 21.3 Å². The average Bonchev–Trinajstić information content (AvgIpc) is 3.51. The lowest BCUT2D eigenvalue weighted by Gasteiger charge is -2.08. The summed E-state index contributed by atoms with van der Waals surface area (Å²) in [5.41, 5.74) is 3.68. The lowest BCUT2D eigenvalue weighted by atomic mass is 10.1. The van der Waals surface area contributed by atoms with Crippen LogP contribution in [0.3, 0.4) is 0 Å². The molecule has 2 N–H and O–H groups in total. The molecule has 186 valence electrons. The van der Waals surface area contributed by atoms with E-state index in [-0.39, 0.29) is 11.2 Å². The molecule has 0 radical (unpaired) electrons. The summed E-state index contributed by atoms with van der Waals surface area (Å²) in [4.78, 5) is 32.3. The summed E-state index contributed by atoms with van der Waals surface area (Å²) >= 11 is 0. The van der Waals surface area contributed by atoms with E-state index < -0.39 is 0 Å². The van der Waals surface area contributed by atoms with Crippen LogP contribution >= 0.6 is 0 Å². The number of H-pyrrole nitrogens is 1. The number of ether oxygens (including phenoxy) is 1. The average molecular weight is 487 g/mol. The van der Waals surface area contributed by atoms with Crippen LogP contribution in [0, 0.1) is 0 Å². The van der Waals surface area contributed by atoms with Gasteiger partial charge < -0.3 is 19.6 Å². The van der Waals surface area contributed by atoms with E-state index in [1.165, 1.54) is 22.6 Å². The third kappa shape index (κ3) is 4.70. The first-order valence-electron chi connectivity index (χ1n) is 12.1. The molecule has 9 heteroatoms. The smallest absolute Gasteiger partial charge is 0.332 e. The maximum Gasteiger partial charge on any atom is 0.332 e. The van der Waals surface area contributed by atoms with Crippen molar-refractivity contribution >= 4 is 22.1 Å². The molecule has 0 aliphatic rings. The van der Waals surface area contributed by atoms with E-state index in [0.717, 1.165) is 47.3 Å². The third-order valence-electron chi connectivity index (χ3n) is 6.53. The maximum atomic E-state index is 12.6. The largest absolute Gasteiger partial charge is 0.489 e. The van der Waals surface area contributed by atoms with Crippen molar-refractivity contribution in [1.82, 2.24) is 29.0 Å². The molecular formula is C27H30N6O3. The highest BCUT2D eigenvalue weighted by atomic mass is 16.5. The van der Waals surface area contributed by atoms with Gasteiger partial charge in [0, 0.05) is 37.7 Å². The predicted octanol–water partition coefficient (Wildman–Crippen LogP) is 2.72. The molecule has 0 aliphatic carbocycles. The first-order valence-corrected chi connectivity index (χ1v) is 12.1. The van der Waals surface area contributed by atoms with Gasteiger partial charge in [-0.15, -0.1) is 0 Å². The maximum absolute atomic E-state index is 12.6. The molecule has 0 fully saturated rings. The van der Waals surface area contributed by atoms with E-state index in [2.05, 4.69) is 45.7 Å². The SMILES string of the molecule is Cn1c(=O)c2c(ncn2CCCNCCc2c[nH]c3ccc(OCc4ccccc4)cc23)n(C)c1=O. The zero-order valence-electron chi connectivity index (χ0n) is 20.5. The van der Waals surface area contributed by atoms with Crippen molar-refractivity contribution in [2.75, 3.05) is 13.1 Å². The molecule has 36 heavy (non-hydrogen) atoms. The van der Waals surface area contributed by atoms with Crippen molar-refractivity contribution in [2.24, 2.45) is 14.1 Å². The van der Waals surface area contributed by atoms with Crippen molar-refractivity contribution in [3.63, 3.8) is 0 Å². The van der Waals surface area contributed by atoms with Crippen molar-refractivity contribution < 1.29 is 4.74 Å². The number of imidazole rings is 1. The fourth-order valence-corrected chi connectivity index (χ4v) is 4.48. The zero-order chi connectivity index (χ0) is 25.1. The van der Waals surface area contributed by atoms with Gasteiger partial charge >= 0.3 is 5.69 Å². The molecule has 0 unspecified atom stereocenters. The molecule has 2 aromatic carbocycles. The fourth-order valence-electron chi connectivity index (χ4n) is 4.48. The number of rotatable bonds is 10. The summed E-state index contributed by atoms with van der Waals surface area (Å²) in [5.74, 6) is 0.858. The number of aromatic nitrogens is 5. The molecular weight excluding hydrogens is 456 g/mol. The summed E-state index contributed by atoms with van der Waals surface area (Å²) in [7, 11) is 3.12. The number of hydrogen-bond donors (Lipinski definition) is 2. The van der Waals surface area contributed by atoms with Gasteiger partial charge in [-0.2, -0.15) is 0 Å². The molecule has 0 saturated carbocycles. The van der Waals surface area contributed by atoms with Crippen molar-refractivity contribution in [2.45, 2.75) is 26.0 Å². The lowest BCUT2D eigenvalue weighted by molar-refractivity contribution is 0.306. The highest BCUT2D eigenvalue weighted by Crippen LogP contribution is 2.24. The molecule has 0 atom stereocenters. The Morgan fingerprint density at radius 2 is 1.86 bits per heavy atom. The Labute approximate surface area is 208 Å². The first-order chi connectivity index (χ1) is 17.5. The second-order valence-corrected chi connectivity index (χ2v) is 8.97. The number of aryl methyl sites for hydroxylation is 2. The molecule has 3 heterocycles. The molecule has 0 saturated heterocycles. The van der Waals surface area contributed by atoms with Crippen LogP contribution in [0.2, 0.25) is 0 Å². The summed E-state index contributed by atoms with van der Waals surface area (Å²) in [5, 5.41) is 4.66. The third-order valence-corrected chi connectivity index (χ3v) is 6.53. The van der Waals surface area contributed by atoms with Gasteiger partial charge in [0.1, 0.15) is 12.4 Å². The van der Waals surface area contributed by atoms with Crippen LogP contribution in [0.4, 0.5) is 0 Å². The van der Waals surface area contributed by atoms with Gasteiger partial charge in [0.25, 0.3) is 5.56 Å². The van der Waals surface area contributed by atoms with Gasteiger partial charge in [0.15, 0.2) is 11.2 Å². The Hall–Kier alpha value is -4.11. The number of benzene rings is 2. The number of nitrogens with one attached hydrogen (secondary N) is 2.